The van der Waals surface area contributed by atoms with Crippen molar-refractivity contribution < 1.29 is 4.79 Å². The third-order valence-corrected chi connectivity index (χ3v) is 6.69. The summed E-state index contributed by atoms with van der Waals surface area (Å²) >= 11 is 0. The Morgan fingerprint density at radius 1 is 1.14 bits per heavy atom. The van der Waals surface area contributed by atoms with Gasteiger partial charge in [-0.25, -0.2) is 9.48 Å². The van der Waals surface area contributed by atoms with Gasteiger partial charge in [0.2, 0.25) is 0 Å². The fourth-order valence-electron chi connectivity index (χ4n) is 5.55. The van der Waals surface area contributed by atoms with Gasteiger partial charge in [0.05, 0.1) is 6.20 Å². The van der Waals surface area contributed by atoms with Crippen molar-refractivity contribution in [2.45, 2.75) is 24.9 Å². The number of aromatic nitrogens is 2. The average Bonchev–Trinajstić information content (AvgIpc) is 3.00. The number of carbonyl (C=O) groups is 1. The summed E-state index contributed by atoms with van der Waals surface area (Å²) in [5, 5.41) is 10.6. The molecule has 4 bridgehead atoms. The van der Waals surface area contributed by atoms with Gasteiger partial charge in [0.15, 0.2) is 0 Å². The van der Waals surface area contributed by atoms with Crippen molar-refractivity contribution in [1.29, 1.82) is 0 Å². The Labute approximate surface area is 165 Å². The van der Waals surface area contributed by atoms with Gasteiger partial charge < -0.3 is 15.1 Å². The number of hydrogen-bond donors (Lipinski definition) is 2. The molecule has 148 valence electrons. The minimum atomic E-state index is -0.133. The molecule has 6 rings (SSSR count). The Bertz CT molecular complexity index is 834. The molecule has 2 aromatic rings. The van der Waals surface area contributed by atoms with Crippen LogP contribution in [-0.4, -0.2) is 70.9 Å². The van der Waals surface area contributed by atoms with Crippen LogP contribution in [-0.2, 0) is 12.0 Å². The first kappa shape index (κ1) is 17.7. The van der Waals surface area contributed by atoms with Gasteiger partial charge in [-0.3, -0.25) is 5.32 Å². The number of nitrogens with zero attached hydrogens (tertiary/aromatic N) is 4. The van der Waals surface area contributed by atoms with E-state index in [-0.39, 0.29) is 17.5 Å². The number of benzene rings is 1. The minimum absolute atomic E-state index is 0.0682. The van der Waals surface area contributed by atoms with Crippen LogP contribution < -0.4 is 10.6 Å². The Morgan fingerprint density at radius 2 is 1.86 bits per heavy atom. The average molecular weight is 380 g/mol. The summed E-state index contributed by atoms with van der Waals surface area (Å²) in [6, 6.07) is 12.6. The molecule has 1 aromatic carbocycles. The number of piperidine rings is 2. The SMILES string of the molecule is CCn1nccc1NC(=O)N[C@H]1C2CN3CCN(C2)CC1(c1ccccc1)C3. The molecular formula is C21H28N6O. The standard InChI is InChI=1S/C21H28N6O/c1-2-27-18(8-9-22-27)23-20(28)24-19-16-12-25-10-11-26(13-16)15-21(19,14-25)17-6-4-3-5-7-17/h3-9,16,19H,2,10-15H2,1H3,(H2,23,24,28)/t16?,19-,21?/m0/s1. The van der Waals surface area contributed by atoms with E-state index in [1.807, 2.05) is 13.0 Å². The van der Waals surface area contributed by atoms with E-state index in [1.165, 1.54) is 5.56 Å². The van der Waals surface area contributed by atoms with E-state index in [2.05, 4.69) is 55.9 Å². The Morgan fingerprint density at radius 3 is 2.54 bits per heavy atom. The lowest BCUT2D eigenvalue weighted by atomic mass is 9.64. The lowest BCUT2D eigenvalue weighted by Crippen LogP contribution is -2.71. The number of urea groups is 1. The van der Waals surface area contributed by atoms with Crippen LogP contribution in [0.2, 0.25) is 0 Å². The molecule has 4 aliphatic rings. The van der Waals surface area contributed by atoms with Crippen molar-refractivity contribution in [2.24, 2.45) is 5.92 Å². The summed E-state index contributed by atoms with van der Waals surface area (Å²) in [7, 11) is 0. The lowest BCUT2D eigenvalue weighted by Gasteiger charge is -2.55. The zero-order chi connectivity index (χ0) is 19.1. The highest BCUT2D eigenvalue weighted by Crippen LogP contribution is 2.43. The summed E-state index contributed by atoms with van der Waals surface area (Å²) in [6.45, 7) is 9.12. The number of anilines is 1. The molecule has 28 heavy (non-hydrogen) atoms. The maximum atomic E-state index is 12.9. The third kappa shape index (κ3) is 2.89. The molecule has 7 heteroatoms. The fraction of sp³-hybridized carbons (Fsp3) is 0.524. The fourth-order valence-corrected chi connectivity index (χ4v) is 5.55. The van der Waals surface area contributed by atoms with Crippen LogP contribution >= 0.6 is 0 Å². The second kappa shape index (κ2) is 6.90. The molecule has 5 heterocycles. The van der Waals surface area contributed by atoms with Gasteiger partial charge >= 0.3 is 6.03 Å². The van der Waals surface area contributed by atoms with E-state index in [4.69, 9.17) is 0 Å². The third-order valence-electron chi connectivity index (χ3n) is 6.69. The molecule has 4 aliphatic heterocycles. The number of fused-ring (bicyclic) bond motifs is 1. The van der Waals surface area contributed by atoms with Crippen LogP contribution in [0, 0.1) is 5.92 Å². The highest BCUT2D eigenvalue weighted by Gasteiger charge is 2.55. The van der Waals surface area contributed by atoms with Crippen molar-refractivity contribution in [1.82, 2.24) is 24.9 Å². The normalized spacial score (nSPS) is 33.5. The molecule has 0 aliphatic carbocycles. The number of nitrogens with one attached hydrogen (secondary N) is 2. The van der Waals surface area contributed by atoms with E-state index >= 15 is 0 Å². The highest BCUT2D eigenvalue weighted by atomic mass is 16.2. The van der Waals surface area contributed by atoms with Gasteiger partial charge in [-0.2, -0.15) is 5.10 Å². The van der Waals surface area contributed by atoms with E-state index in [0.29, 0.717) is 5.92 Å². The van der Waals surface area contributed by atoms with Crippen molar-refractivity contribution in [3.8, 4) is 0 Å². The predicted molar refractivity (Wildman–Crippen MR) is 108 cm³/mol. The molecule has 3 atom stereocenters. The molecule has 2 unspecified atom stereocenters. The van der Waals surface area contributed by atoms with Gasteiger partial charge in [0.25, 0.3) is 0 Å². The second-order valence-corrected chi connectivity index (χ2v) is 8.36. The van der Waals surface area contributed by atoms with Crippen molar-refractivity contribution in [2.75, 3.05) is 44.6 Å². The van der Waals surface area contributed by atoms with E-state index < -0.39 is 0 Å². The summed E-state index contributed by atoms with van der Waals surface area (Å²) in [6.07, 6.45) is 1.72. The molecule has 0 radical (unpaired) electrons. The zero-order valence-electron chi connectivity index (χ0n) is 16.3. The molecule has 2 amide bonds. The first-order valence-electron chi connectivity index (χ1n) is 10.3. The van der Waals surface area contributed by atoms with Gasteiger partial charge in [-0.1, -0.05) is 30.3 Å². The predicted octanol–water partition coefficient (Wildman–Crippen LogP) is 1.59. The monoisotopic (exact) mass is 380 g/mol. The number of carbonyl (C=O) groups excluding carboxylic acids is 1. The quantitative estimate of drug-likeness (QED) is 0.846. The van der Waals surface area contributed by atoms with Crippen LogP contribution in [0.1, 0.15) is 12.5 Å². The maximum Gasteiger partial charge on any atom is 0.320 e. The Kier molecular flexibility index (Phi) is 4.36. The van der Waals surface area contributed by atoms with E-state index in [0.717, 1.165) is 51.6 Å². The van der Waals surface area contributed by atoms with Gasteiger partial charge in [-0.15, -0.1) is 0 Å². The van der Waals surface area contributed by atoms with E-state index in [1.54, 1.807) is 10.9 Å². The first-order valence-corrected chi connectivity index (χ1v) is 10.3. The molecular weight excluding hydrogens is 352 g/mol. The van der Waals surface area contributed by atoms with Crippen molar-refractivity contribution >= 4 is 11.8 Å². The minimum Gasteiger partial charge on any atom is -0.334 e. The Hall–Kier alpha value is -2.38. The first-order chi connectivity index (χ1) is 13.7. The van der Waals surface area contributed by atoms with Gasteiger partial charge in [-0.05, 0) is 12.5 Å². The second-order valence-electron chi connectivity index (χ2n) is 8.36. The van der Waals surface area contributed by atoms with Gasteiger partial charge in [0.1, 0.15) is 5.82 Å². The maximum absolute atomic E-state index is 12.9. The van der Waals surface area contributed by atoms with Crippen LogP contribution in [0.15, 0.2) is 42.6 Å². The van der Waals surface area contributed by atoms with Crippen LogP contribution in [0.4, 0.5) is 10.6 Å². The summed E-state index contributed by atoms with van der Waals surface area (Å²) in [5.41, 5.74) is 1.27. The number of hydrogen-bond acceptors (Lipinski definition) is 4. The molecule has 2 N–H and O–H groups in total. The number of aryl methyl sites for hydroxylation is 1. The molecule has 4 saturated heterocycles. The molecule has 7 nitrogen and oxygen atoms in total. The molecule has 0 spiro atoms. The summed E-state index contributed by atoms with van der Waals surface area (Å²) in [4.78, 5) is 18.1. The largest absolute Gasteiger partial charge is 0.334 e. The zero-order valence-corrected chi connectivity index (χ0v) is 16.3. The summed E-state index contributed by atoms with van der Waals surface area (Å²) < 4.78 is 1.80. The number of amides is 2. The topological polar surface area (TPSA) is 65.4 Å². The number of rotatable bonds is 4. The van der Waals surface area contributed by atoms with Crippen LogP contribution in [0.25, 0.3) is 0 Å². The van der Waals surface area contributed by atoms with Crippen molar-refractivity contribution in [3.05, 3.63) is 48.2 Å². The van der Waals surface area contributed by atoms with Crippen LogP contribution in [0.3, 0.4) is 0 Å². The van der Waals surface area contributed by atoms with Crippen molar-refractivity contribution in [3.63, 3.8) is 0 Å². The molecule has 0 saturated carbocycles. The van der Waals surface area contributed by atoms with Crippen LogP contribution in [0.5, 0.6) is 0 Å². The molecule has 1 aromatic heterocycles. The summed E-state index contributed by atoms with van der Waals surface area (Å²) in [5.74, 6) is 1.18. The van der Waals surface area contributed by atoms with E-state index in [9.17, 15) is 4.79 Å². The van der Waals surface area contributed by atoms with Gasteiger partial charge in [0, 0.05) is 69.3 Å². The smallest absolute Gasteiger partial charge is 0.320 e. The Balaban J connectivity index is 1.44. The lowest BCUT2D eigenvalue weighted by molar-refractivity contribution is 0.0238. The molecule has 4 fully saturated rings. The highest BCUT2D eigenvalue weighted by molar-refractivity contribution is 5.88.